The van der Waals surface area contributed by atoms with Gasteiger partial charge in [0.2, 0.25) is 5.88 Å². The molecule has 2 aromatic rings. The number of nitrogens with zero attached hydrogens (tertiary/aromatic N) is 1. The van der Waals surface area contributed by atoms with Crippen LogP contribution in [0.3, 0.4) is 0 Å². The third-order valence-electron chi connectivity index (χ3n) is 5.41. The van der Waals surface area contributed by atoms with E-state index in [1.165, 1.54) is 12.1 Å². The molecular weight excluding hydrogens is 355 g/mol. The first-order chi connectivity index (χ1) is 13.5. The number of hydrogen-bond acceptors (Lipinski definition) is 4. The molecule has 0 amide bonds. The van der Waals surface area contributed by atoms with Crippen LogP contribution in [0.15, 0.2) is 71.3 Å². The zero-order valence-corrected chi connectivity index (χ0v) is 15.4. The summed E-state index contributed by atoms with van der Waals surface area (Å²) in [6.45, 7) is 2.02. The lowest BCUT2D eigenvalue weighted by Gasteiger charge is -2.34. The summed E-state index contributed by atoms with van der Waals surface area (Å²) in [6.07, 6.45) is 0.864. The Bertz CT molecular complexity index is 1040. The lowest BCUT2D eigenvalue weighted by atomic mass is 9.73. The van der Waals surface area contributed by atoms with E-state index in [-0.39, 0.29) is 29.0 Å². The van der Waals surface area contributed by atoms with Crippen LogP contribution < -0.4 is 5.73 Å². The second-order valence-corrected chi connectivity index (χ2v) is 7.25. The van der Waals surface area contributed by atoms with Crippen molar-refractivity contribution < 1.29 is 13.9 Å². The van der Waals surface area contributed by atoms with Gasteiger partial charge < -0.3 is 10.5 Å². The largest absolute Gasteiger partial charge is 0.444 e. The Morgan fingerprint density at radius 2 is 1.71 bits per heavy atom. The van der Waals surface area contributed by atoms with Gasteiger partial charge in [-0.05, 0) is 36.1 Å². The molecule has 1 aliphatic carbocycles. The summed E-state index contributed by atoms with van der Waals surface area (Å²) in [5.74, 6) is -0.560. The monoisotopic (exact) mass is 374 g/mol. The summed E-state index contributed by atoms with van der Waals surface area (Å²) >= 11 is 0. The minimum atomic E-state index is -0.624. The first kappa shape index (κ1) is 18.0. The average molecular weight is 374 g/mol. The number of carbonyl (C=O) groups is 1. The van der Waals surface area contributed by atoms with Gasteiger partial charge in [-0.2, -0.15) is 5.26 Å². The van der Waals surface area contributed by atoms with E-state index in [4.69, 9.17) is 10.5 Å². The summed E-state index contributed by atoms with van der Waals surface area (Å²) in [7, 11) is 0. The number of rotatable bonds is 2. The molecule has 2 aromatic carbocycles. The molecule has 2 atom stereocenters. The number of ether oxygens (including phenoxy) is 1. The van der Waals surface area contributed by atoms with E-state index >= 15 is 0 Å². The number of aryl methyl sites for hydroxylation is 1. The highest BCUT2D eigenvalue weighted by Gasteiger charge is 2.40. The van der Waals surface area contributed by atoms with E-state index in [0.717, 1.165) is 11.1 Å². The Morgan fingerprint density at radius 1 is 1.07 bits per heavy atom. The van der Waals surface area contributed by atoms with E-state index in [1.54, 1.807) is 12.1 Å². The van der Waals surface area contributed by atoms with Crippen molar-refractivity contribution in [3.63, 3.8) is 0 Å². The fourth-order valence-corrected chi connectivity index (χ4v) is 3.97. The molecule has 0 saturated heterocycles. The van der Waals surface area contributed by atoms with Crippen LogP contribution in [0.2, 0.25) is 0 Å². The number of ketones is 1. The Kier molecular flexibility index (Phi) is 4.48. The van der Waals surface area contributed by atoms with Gasteiger partial charge in [0.05, 0.1) is 5.92 Å². The molecule has 0 bridgehead atoms. The van der Waals surface area contributed by atoms with Crippen molar-refractivity contribution in [1.29, 1.82) is 5.26 Å². The van der Waals surface area contributed by atoms with Crippen LogP contribution in [0, 0.1) is 24.1 Å². The molecule has 0 radical (unpaired) electrons. The molecule has 5 heteroatoms. The van der Waals surface area contributed by atoms with E-state index < -0.39 is 5.92 Å². The van der Waals surface area contributed by atoms with Crippen LogP contribution >= 0.6 is 0 Å². The molecule has 2 unspecified atom stereocenters. The van der Waals surface area contributed by atoms with Gasteiger partial charge in [0.15, 0.2) is 5.78 Å². The maximum absolute atomic E-state index is 13.4. The van der Waals surface area contributed by atoms with E-state index in [9.17, 15) is 14.4 Å². The molecule has 4 nitrogen and oxygen atoms in total. The molecule has 1 heterocycles. The minimum absolute atomic E-state index is 0.00264. The van der Waals surface area contributed by atoms with Crippen LogP contribution in [0.25, 0.3) is 0 Å². The second-order valence-electron chi connectivity index (χ2n) is 7.25. The van der Waals surface area contributed by atoms with Crippen molar-refractivity contribution in [2.75, 3.05) is 0 Å². The summed E-state index contributed by atoms with van der Waals surface area (Å²) < 4.78 is 19.1. The summed E-state index contributed by atoms with van der Waals surface area (Å²) in [5, 5.41) is 9.60. The van der Waals surface area contributed by atoms with E-state index in [1.807, 2.05) is 31.2 Å². The van der Waals surface area contributed by atoms with Gasteiger partial charge >= 0.3 is 0 Å². The number of Topliss-reactive ketones (excluding diaryl/α,β-unsaturated/α-hetero) is 1. The third-order valence-corrected chi connectivity index (χ3v) is 5.41. The van der Waals surface area contributed by atoms with Crippen LogP contribution in [-0.2, 0) is 9.53 Å². The van der Waals surface area contributed by atoms with Crippen molar-refractivity contribution in [3.05, 3.63) is 93.8 Å². The van der Waals surface area contributed by atoms with Crippen molar-refractivity contribution in [3.8, 4) is 6.07 Å². The van der Waals surface area contributed by atoms with Gasteiger partial charge in [-0.3, -0.25) is 4.79 Å². The molecule has 0 fully saturated rings. The molecule has 0 aromatic heterocycles. The molecule has 2 aliphatic rings. The first-order valence-electron chi connectivity index (χ1n) is 9.13. The lowest BCUT2D eigenvalue weighted by molar-refractivity contribution is -0.117. The van der Waals surface area contributed by atoms with Gasteiger partial charge in [-0.25, -0.2) is 4.39 Å². The van der Waals surface area contributed by atoms with Gasteiger partial charge in [0.1, 0.15) is 23.2 Å². The van der Waals surface area contributed by atoms with Crippen molar-refractivity contribution in [2.24, 2.45) is 5.73 Å². The van der Waals surface area contributed by atoms with Crippen LogP contribution in [0.1, 0.15) is 41.4 Å². The minimum Gasteiger partial charge on any atom is -0.444 e. The maximum Gasteiger partial charge on any atom is 0.205 e. The number of carbonyl (C=O) groups excluding carboxylic acids is 1. The van der Waals surface area contributed by atoms with Gasteiger partial charge in [-0.1, -0.05) is 42.0 Å². The SMILES string of the molecule is Cc1ccc(C2CC(=O)C3=C(C2)OC(N)=C(C#N)C3c2ccc(F)cc2)cc1. The fourth-order valence-electron chi connectivity index (χ4n) is 3.97. The third kappa shape index (κ3) is 3.07. The number of nitriles is 1. The van der Waals surface area contributed by atoms with Crippen molar-refractivity contribution in [1.82, 2.24) is 0 Å². The normalized spacial score (nSPS) is 21.8. The number of halogens is 1. The number of allylic oxidation sites excluding steroid dienone is 3. The van der Waals surface area contributed by atoms with Crippen LogP contribution in [0.4, 0.5) is 4.39 Å². The van der Waals surface area contributed by atoms with Crippen LogP contribution in [-0.4, -0.2) is 5.78 Å². The molecule has 2 N–H and O–H groups in total. The standard InChI is InChI=1S/C23H19FN2O2/c1-13-2-4-14(5-3-13)16-10-19(27)22-20(11-16)28-23(26)18(12-25)21(22)15-6-8-17(24)9-7-15/h2-9,16,21H,10-11,26H2,1H3. The Morgan fingerprint density at radius 3 is 2.36 bits per heavy atom. The smallest absolute Gasteiger partial charge is 0.205 e. The second kappa shape index (κ2) is 6.97. The number of nitrogens with two attached hydrogens (primary N) is 1. The Hall–Kier alpha value is -3.39. The van der Waals surface area contributed by atoms with E-state index in [0.29, 0.717) is 29.7 Å². The van der Waals surface area contributed by atoms with Crippen molar-refractivity contribution >= 4 is 5.78 Å². The Balaban J connectivity index is 1.77. The van der Waals surface area contributed by atoms with Crippen LogP contribution in [0.5, 0.6) is 0 Å². The van der Waals surface area contributed by atoms with E-state index in [2.05, 4.69) is 6.07 Å². The zero-order valence-electron chi connectivity index (χ0n) is 15.4. The molecule has 4 rings (SSSR count). The highest BCUT2D eigenvalue weighted by atomic mass is 19.1. The number of hydrogen-bond donors (Lipinski definition) is 1. The van der Waals surface area contributed by atoms with Gasteiger partial charge in [0.25, 0.3) is 0 Å². The number of benzene rings is 2. The topological polar surface area (TPSA) is 76.1 Å². The predicted octanol–water partition coefficient (Wildman–Crippen LogP) is 4.34. The molecule has 140 valence electrons. The Labute approximate surface area is 162 Å². The lowest BCUT2D eigenvalue weighted by Crippen LogP contribution is -2.29. The summed E-state index contributed by atoms with van der Waals surface area (Å²) in [6, 6.07) is 16.0. The average Bonchev–Trinajstić information content (AvgIpc) is 2.68. The molecule has 28 heavy (non-hydrogen) atoms. The van der Waals surface area contributed by atoms with Gasteiger partial charge in [0, 0.05) is 18.4 Å². The van der Waals surface area contributed by atoms with Gasteiger partial charge in [-0.15, -0.1) is 0 Å². The summed E-state index contributed by atoms with van der Waals surface area (Å²) in [4.78, 5) is 13.1. The maximum atomic E-state index is 13.4. The fraction of sp³-hybridized carbons (Fsp3) is 0.217. The first-order valence-corrected chi connectivity index (χ1v) is 9.13. The molecular formula is C23H19FN2O2. The quantitative estimate of drug-likeness (QED) is 0.848. The predicted molar refractivity (Wildman–Crippen MR) is 102 cm³/mol. The zero-order chi connectivity index (χ0) is 19.8. The molecule has 0 saturated carbocycles. The highest BCUT2D eigenvalue weighted by Crippen LogP contribution is 2.46. The molecule has 1 aliphatic heterocycles. The summed E-state index contributed by atoms with van der Waals surface area (Å²) in [5.41, 5.74) is 9.54. The highest BCUT2D eigenvalue weighted by molar-refractivity contribution is 6.00. The molecule has 0 spiro atoms. The van der Waals surface area contributed by atoms with Crippen molar-refractivity contribution in [2.45, 2.75) is 31.6 Å².